The van der Waals surface area contributed by atoms with Gasteiger partial charge in [-0.05, 0) is 31.5 Å². The first-order valence-corrected chi connectivity index (χ1v) is 4.78. The highest BCUT2D eigenvalue weighted by Gasteiger charge is 2.07. The molecule has 0 atom stereocenters. The first kappa shape index (κ1) is 9.69. The first-order chi connectivity index (χ1) is 7.15. The van der Waals surface area contributed by atoms with Gasteiger partial charge in [-0.3, -0.25) is 0 Å². The number of carbonyl (C=O) groups excluding carboxylic acids is 1. The fourth-order valence-electron chi connectivity index (χ4n) is 1.86. The standard InChI is InChI=1S/C12H12N2O/c1-8-9(2)14(3)12-6-10(13-7-15)4-5-11(8)12/h4-6H,1-3H3. The molecule has 0 aliphatic carbocycles. The summed E-state index contributed by atoms with van der Waals surface area (Å²) >= 11 is 0. The van der Waals surface area contributed by atoms with Gasteiger partial charge in [-0.1, -0.05) is 6.07 Å². The van der Waals surface area contributed by atoms with E-state index in [-0.39, 0.29) is 0 Å². The fourth-order valence-corrected chi connectivity index (χ4v) is 1.86. The highest BCUT2D eigenvalue weighted by molar-refractivity contribution is 5.87. The number of aliphatic imine (C=N–C) groups is 1. The SMILES string of the molecule is Cc1c(C)n(C)c2cc(N=C=O)ccc12. The molecule has 3 heteroatoms. The Morgan fingerprint density at radius 3 is 2.73 bits per heavy atom. The van der Waals surface area contributed by atoms with Gasteiger partial charge in [0, 0.05) is 18.1 Å². The summed E-state index contributed by atoms with van der Waals surface area (Å²) in [5.74, 6) is 0. The molecule has 0 unspecified atom stereocenters. The van der Waals surface area contributed by atoms with E-state index in [1.54, 1.807) is 6.08 Å². The predicted molar refractivity (Wildman–Crippen MR) is 60.2 cm³/mol. The van der Waals surface area contributed by atoms with Crippen molar-refractivity contribution < 1.29 is 4.79 Å². The summed E-state index contributed by atoms with van der Waals surface area (Å²) in [6, 6.07) is 5.73. The van der Waals surface area contributed by atoms with Gasteiger partial charge in [0.05, 0.1) is 11.2 Å². The molecule has 76 valence electrons. The number of benzene rings is 1. The molecule has 0 radical (unpaired) electrons. The van der Waals surface area contributed by atoms with Gasteiger partial charge in [0.1, 0.15) is 0 Å². The topological polar surface area (TPSA) is 34.4 Å². The Bertz CT molecular complexity index is 575. The molecule has 2 aromatic rings. The summed E-state index contributed by atoms with van der Waals surface area (Å²) in [4.78, 5) is 13.8. The van der Waals surface area contributed by atoms with E-state index in [4.69, 9.17) is 0 Å². The molecular weight excluding hydrogens is 188 g/mol. The second-order valence-electron chi connectivity index (χ2n) is 3.67. The van der Waals surface area contributed by atoms with E-state index in [2.05, 4.69) is 23.4 Å². The zero-order valence-corrected chi connectivity index (χ0v) is 9.03. The Balaban J connectivity index is 2.82. The normalized spacial score (nSPS) is 10.3. The van der Waals surface area contributed by atoms with Crippen LogP contribution in [0.2, 0.25) is 0 Å². The number of aryl methyl sites for hydroxylation is 2. The molecule has 0 saturated carbocycles. The van der Waals surface area contributed by atoms with Crippen LogP contribution in [-0.2, 0) is 11.8 Å². The molecular formula is C12H12N2O. The van der Waals surface area contributed by atoms with Crippen LogP contribution in [0, 0.1) is 13.8 Å². The number of nitrogens with zero attached hydrogens (tertiary/aromatic N) is 2. The van der Waals surface area contributed by atoms with Crippen molar-refractivity contribution in [3.05, 3.63) is 29.5 Å². The van der Waals surface area contributed by atoms with Crippen LogP contribution in [0.15, 0.2) is 23.2 Å². The zero-order chi connectivity index (χ0) is 11.0. The molecule has 0 saturated heterocycles. The highest BCUT2D eigenvalue weighted by atomic mass is 16.1. The minimum atomic E-state index is 0.651. The largest absolute Gasteiger partial charge is 0.348 e. The van der Waals surface area contributed by atoms with Gasteiger partial charge in [0.15, 0.2) is 0 Å². The van der Waals surface area contributed by atoms with Crippen LogP contribution >= 0.6 is 0 Å². The first-order valence-electron chi connectivity index (χ1n) is 4.78. The molecule has 1 aromatic heterocycles. The maximum Gasteiger partial charge on any atom is 0.240 e. The number of hydrogen-bond acceptors (Lipinski definition) is 2. The number of aromatic nitrogens is 1. The van der Waals surface area contributed by atoms with Crippen molar-refractivity contribution in [1.29, 1.82) is 0 Å². The van der Waals surface area contributed by atoms with Crippen LogP contribution < -0.4 is 0 Å². The van der Waals surface area contributed by atoms with E-state index in [9.17, 15) is 4.79 Å². The lowest BCUT2D eigenvalue weighted by Crippen LogP contribution is -1.89. The minimum Gasteiger partial charge on any atom is -0.348 e. The average molecular weight is 200 g/mol. The van der Waals surface area contributed by atoms with Gasteiger partial charge in [-0.15, -0.1) is 0 Å². The summed E-state index contributed by atoms with van der Waals surface area (Å²) < 4.78 is 2.11. The van der Waals surface area contributed by atoms with Gasteiger partial charge in [-0.2, -0.15) is 4.99 Å². The third-order valence-electron chi connectivity index (χ3n) is 2.97. The lowest BCUT2D eigenvalue weighted by Gasteiger charge is -1.98. The lowest BCUT2D eigenvalue weighted by atomic mass is 10.1. The summed E-state index contributed by atoms with van der Waals surface area (Å²) in [6.07, 6.45) is 1.56. The van der Waals surface area contributed by atoms with E-state index in [0.717, 1.165) is 5.52 Å². The Labute approximate surface area is 88.0 Å². The number of hydrogen-bond donors (Lipinski definition) is 0. The van der Waals surface area contributed by atoms with Gasteiger partial charge < -0.3 is 4.57 Å². The number of fused-ring (bicyclic) bond motifs is 1. The fraction of sp³-hybridized carbons (Fsp3) is 0.250. The summed E-state index contributed by atoms with van der Waals surface area (Å²) in [7, 11) is 2.01. The molecule has 0 N–H and O–H groups in total. The van der Waals surface area contributed by atoms with E-state index in [1.165, 1.54) is 16.6 Å². The maximum atomic E-state index is 10.2. The Morgan fingerprint density at radius 1 is 1.33 bits per heavy atom. The van der Waals surface area contributed by atoms with Crippen molar-refractivity contribution in [1.82, 2.24) is 4.57 Å². The Hall–Kier alpha value is -1.86. The van der Waals surface area contributed by atoms with Crippen LogP contribution in [-0.4, -0.2) is 10.6 Å². The van der Waals surface area contributed by atoms with E-state index in [0.29, 0.717) is 5.69 Å². The quantitative estimate of drug-likeness (QED) is 0.515. The summed E-state index contributed by atoms with van der Waals surface area (Å²) in [5, 5.41) is 1.21. The van der Waals surface area contributed by atoms with Crippen molar-refractivity contribution in [2.24, 2.45) is 12.0 Å². The lowest BCUT2D eigenvalue weighted by molar-refractivity contribution is 0.565. The Kier molecular flexibility index (Phi) is 2.18. The zero-order valence-electron chi connectivity index (χ0n) is 9.03. The third kappa shape index (κ3) is 1.37. The van der Waals surface area contributed by atoms with Crippen LogP contribution in [0.5, 0.6) is 0 Å². The molecule has 2 rings (SSSR count). The molecule has 0 bridgehead atoms. The van der Waals surface area contributed by atoms with Gasteiger partial charge in [0.2, 0.25) is 6.08 Å². The van der Waals surface area contributed by atoms with E-state index in [1.807, 2.05) is 25.2 Å². The summed E-state index contributed by atoms with van der Waals surface area (Å²) in [6.45, 7) is 4.18. The van der Waals surface area contributed by atoms with E-state index < -0.39 is 0 Å². The van der Waals surface area contributed by atoms with Crippen molar-refractivity contribution in [3.63, 3.8) is 0 Å². The van der Waals surface area contributed by atoms with Gasteiger partial charge in [0.25, 0.3) is 0 Å². The molecule has 3 nitrogen and oxygen atoms in total. The molecule has 0 fully saturated rings. The molecule has 0 aliphatic rings. The number of isocyanates is 1. The molecule has 1 aromatic carbocycles. The smallest absolute Gasteiger partial charge is 0.240 e. The molecule has 0 aliphatic heterocycles. The van der Waals surface area contributed by atoms with Crippen LogP contribution in [0.4, 0.5) is 5.69 Å². The van der Waals surface area contributed by atoms with Crippen LogP contribution in [0.1, 0.15) is 11.3 Å². The van der Waals surface area contributed by atoms with Crippen molar-refractivity contribution in [3.8, 4) is 0 Å². The minimum absolute atomic E-state index is 0.651. The van der Waals surface area contributed by atoms with E-state index >= 15 is 0 Å². The van der Waals surface area contributed by atoms with Gasteiger partial charge >= 0.3 is 0 Å². The van der Waals surface area contributed by atoms with Crippen molar-refractivity contribution >= 4 is 22.7 Å². The van der Waals surface area contributed by atoms with Crippen molar-refractivity contribution in [2.45, 2.75) is 13.8 Å². The van der Waals surface area contributed by atoms with Crippen LogP contribution in [0.3, 0.4) is 0 Å². The summed E-state index contributed by atoms with van der Waals surface area (Å²) in [5.41, 5.74) is 4.26. The molecule has 0 spiro atoms. The molecule has 0 amide bonds. The average Bonchev–Trinajstić information content (AvgIpc) is 2.45. The molecule has 1 heterocycles. The predicted octanol–water partition coefficient (Wildman–Crippen LogP) is 2.76. The van der Waals surface area contributed by atoms with Crippen molar-refractivity contribution in [2.75, 3.05) is 0 Å². The second-order valence-corrected chi connectivity index (χ2v) is 3.67. The maximum absolute atomic E-state index is 10.2. The Morgan fingerprint density at radius 2 is 2.07 bits per heavy atom. The van der Waals surface area contributed by atoms with Crippen LogP contribution in [0.25, 0.3) is 10.9 Å². The monoisotopic (exact) mass is 200 g/mol. The second kappa shape index (κ2) is 3.37. The highest BCUT2D eigenvalue weighted by Crippen LogP contribution is 2.27. The number of rotatable bonds is 1. The van der Waals surface area contributed by atoms with Gasteiger partial charge in [-0.25, -0.2) is 4.79 Å². The molecule has 15 heavy (non-hydrogen) atoms. The third-order valence-corrected chi connectivity index (χ3v) is 2.97.